The van der Waals surface area contributed by atoms with Crippen molar-refractivity contribution >= 4 is 22.6 Å². The molecule has 7 nitrogen and oxygen atoms in total. The molecule has 0 saturated heterocycles. The molecule has 0 unspecified atom stereocenters. The van der Waals surface area contributed by atoms with Gasteiger partial charge < -0.3 is 16.2 Å². The van der Waals surface area contributed by atoms with E-state index in [4.69, 9.17) is 21.5 Å². The van der Waals surface area contributed by atoms with Crippen LogP contribution in [0.1, 0.15) is 21.5 Å². The number of nitriles is 2. The first-order valence-electron chi connectivity index (χ1n) is 8.18. The molecule has 1 amide bonds. The van der Waals surface area contributed by atoms with E-state index in [1.165, 1.54) is 7.11 Å². The highest BCUT2D eigenvalue weighted by molar-refractivity contribution is 6.07. The van der Waals surface area contributed by atoms with Crippen molar-refractivity contribution in [2.24, 2.45) is 16.5 Å². The molecule has 3 aromatic carbocycles. The predicted molar refractivity (Wildman–Crippen MR) is 106 cm³/mol. The topological polar surface area (TPSA) is 138 Å². The zero-order chi connectivity index (χ0) is 20.3. The third-order valence-corrected chi connectivity index (χ3v) is 4.22. The van der Waals surface area contributed by atoms with Gasteiger partial charge in [-0.3, -0.25) is 4.79 Å². The first-order chi connectivity index (χ1) is 13.5. The number of rotatable bonds is 3. The highest BCUT2D eigenvalue weighted by Crippen LogP contribution is 2.38. The second-order valence-corrected chi connectivity index (χ2v) is 5.90. The average Bonchev–Trinajstić information content (AvgIpc) is 2.71. The molecular formula is C21H15N5O2. The standard InChI is InChI=1S/C21H15N5O2/c1-28-18-8-12(10-22)2-7-16(18)19-15(11-23)6-4-13-3-5-14(9-17(13)19)20(27)26-21(24)25/h2-9H,1H3,(H4,24,25,26,27). The second kappa shape index (κ2) is 7.48. The Morgan fingerprint density at radius 3 is 2.43 bits per heavy atom. The number of methoxy groups -OCH3 is 1. The van der Waals surface area contributed by atoms with Crippen LogP contribution in [0.15, 0.2) is 53.5 Å². The maximum atomic E-state index is 12.2. The van der Waals surface area contributed by atoms with Crippen LogP contribution in [0.4, 0.5) is 0 Å². The van der Waals surface area contributed by atoms with E-state index in [0.29, 0.717) is 33.4 Å². The molecule has 0 aliphatic carbocycles. The van der Waals surface area contributed by atoms with Crippen LogP contribution in [-0.4, -0.2) is 19.0 Å². The van der Waals surface area contributed by atoms with E-state index in [2.05, 4.69) is 17.1 Å². The summed E-state index contributed by atoms with van der Waals surface area (Å²) in [4.78, 5) is 15.8. The number of benzene rings is 3. The minimum Gasteiger partial charge on any atom is -0.496 e. The summed E-state index contributed by atoms with van der Waals surface area (Å²) in [6, 6.07) is 17.7. The van der Waals surface area contributed by atoms with E-state index in [0.717, 1.165) is 5.39 Å². The van der Waals surface area contributed by atoms with Gasteiger partial charge in [-0.15, -0.1) is 0 Å². The number of carbonyl (C=O) groups is 1. The Balaban J connectivity index is 2.35. The van der Waals surface area contributed by atoms with Gasteiger partial charge in [0.1, 0.15) is 5.75 Å². The van der Waals surface area contributed by atoms with Gasteiger partial charge in [0, 0.05) is 16.7 Å². The monoisotopic (exact) mass is 369 g/mol. The highest BCUT2D eigenvalue weighted by atomic mass is 16.5. The van der Waals surface area contributed by atoms with Crippen LogP contribution in [0.2, 0.25) is 0 Å². The van der Waals surface area contributed by atoms with Crippen LogP contribution >= 0.6 is 0 Å². The molecule has 3 rings (SSSR count). The van der Waals surface area contributed by atoms with Crippen LogP contribution < -0.4 is 16.2 Å². The Morgan fingerprint density at radius 2 is 1.79 bits per heavy atom. The SMILES string of the molecule is COc1cc(C#N)ccc1-c1c(C#N)ccc2ccc(C(=O)N=C(N)N)cc12. The lowest BCUT2D eigenvalue weighted by Crippen LogP contribution is -2.24. The van der Waals surface area contributed by atoms with Crippen molar-refractivity contribution in [3.05, 3.63) is 65.2 Å². The lowest BCUT2D eigenvalue weighted by molar-refractivity contribution is 0.100. The Labute approximate surface area is 161 Å². The van der Waals surface area contributed by atoms with Gasteiger partial charge in [0.25, 0.3) is 5.91 Å². The van der Waals surface area contributed by atoms with Crippen LogP contribution in [-0.2, 0) is 0 Å². The van der Waals surface area contributed by atoms with Gasteiger partial charge >= 0.3 is 0 Å². The molecule has 0 aliphatic rings. The first kappa shape index (κ1) is 18.4. The number of hydrogen-bond acceptors (Lipinski definition) is 4. The van der Waals surface area contributed by atoms with E-state index >= 15 is 0 Å². The molecule has 3 aromatic rings. The molecule has 0 fully saturated rings. The lowest BCUT2D eigenvalue weighted by atomic mass is 9.91. The summed E-state index contributed by atoms with van der Waals surface area (Å²) in [6.07, 6.45) is 0. The molecule has 0 aliphatic heterocycles. The van der Waals surface area contributed by atoms with E-state index in [1.807, 2.05) is 0 Å². The van der Waals surface area contributed by atoms with E-state index in [1.54, 1.807) is 48.5 Å². The number of guanidine groups is 1. The summed E-state index contributed by atoms with van der Waals surface area (Å²) in [7, 11) is 1.49. The van der Waals surface area contributed by atoms with Gasteiger partial charge in [0.2, 0.25) is 0 Å². The molecule has 0 aromatic heterocycles. The Kier molecular flexibility index (Phi) is 4.93. The smallest absolute Gasteiger partial charge is 0.280 e. The Morgan fingerprint density at radius 1 is 1.04 bits per heavy atom. The molecule has 28 heavy (non-hydrogen) atoms. The summed E-state index contributed by atoms with van der Waals surface area (Å²) in [6.45, 7) is 0. The van der Waals surface area contributed by atoms with E-state index in [-0.39, 0.29) is 11.5 Å². The summed E-state index contributed by atoms with van der Waals surface area (Å²) < 4.78 is 5.44. The third kappa shape index (κ3) is 3.33. The van der Waals surface area contributed by atoms with Gasteiger partial charge in [-0.1, -0.05) is 12.1 Å². The number of fused-ring (bicyclic) bond motifs is 1. The molecule has 0 atom stereocenters. The highest BCUT2D eigenvalue weighted by Gasteiger charge is 2.16. The first-order valence-corrected chi connectivity index (χ1v) is 8.18. The second-order valence-electron chi connectivity index (χ2n) is 5.90. The van der Waals surface area contributed by atoms with Crippen LogP contribution in [0.25, 0.3) is 21.9 Å². The van der Waals surface area contributed by atoms with E-state index < -0.39 is 5.91 Å². The predicted octanol–water partition coefficient (Wildman–Crippen LogP) is 2.67. The number of nitrogens with zero attached hydrogens (tertiary/aromatic N) is 3. The summed E-state index contributed by atoms with van der Waals surface area (Å²) >= 11 is 0. The average molecular weight is 369 g/mol. The largest absolute Gasteiger partial charge is 0.496 e. The molecule has 4 N–H and O–H groups in total. The van der Waals surface area contributed by atoms with Crippen molar-refractivity contribution < 1.29 is 9.53 Å². The van der Waals surface area contributed by atoms with Crippen molar-refractivity contribution in [3.63, 3.8) is 0 Å². The van der Waals surface area contributed by atoms with Crippen molar-refractivity contribution in [1.82, 2.24) is 0 Å². The number of ether oxygens (including phenoxy) is 1. The van der Waals surface area contributed by atoms with E-state index in [9.17, 15) is 10.1 Å². The van der Waals surface area contributed by atoms with Gasteiger partial charge in [-0.25, -0.2) is 0 Å². The zero-order valence-corrected chi connectivity index (χ0v) is 14.9. The number of hydrogen-bond donors (Lipinski definition) is 2. The fourth-order valence-corrected chi connectivity index (χ4v) is 2.99. The third-order valence-electron chi connectivity index (χ3n) is 4.22. The zero-order valence-electron chi connectivity index (χ0n) is 14.9. The molecule has 136 valence electrons. The minimum absolute atomic E-state index is 0.282. The van der Waals surface area contributed by atoms with Crippen LogP contribution in [0, 0.1) is 22.7 Å². The number of nitrogens with two attached hydrogens (primary N) is 2. The minimum atomic E-state index is -0.581. The number of amides is 1. The summed E-state index contributed by atoms with van der Waals surface area (Å²) in [5.74, 6) is -0.462. The van der Waals surface area contributed by atoms with Crippen molar-refractivity contribution in [2.45, 2.75) is 0 Å². The Hall–Kier alpha value is -4.36. The fourth-order valence-electron chi connectivity index (χ4n) is 2.99. The van der Waals surface area contributed by atoms with Gasteiger partial charge in [0.15, 0.2) is 5.96 Å². The van der Waals surface area contributed by atoms with Crippen LogP contribution in [0.5, 0.6) is 5.75 Å². The normalized spacial score (nSPS) is 9.96. The number of carbonyl (C=O) groups excluding carboxylic acids is 1. The van der Waals surface area contributed by atoms with Crippen molar-refractivity contribution in [2.75, 3.05) is 7.11 Å². The van der Waals surface area contributed by atoms with Gasteiger partial charge in [-0.05, 0) is 47.2 Å². The lowest BCUT2D eigenvalue weighted by Gasteiger charge is -2.14. The molecular weight excluding hydrogens is 354 g/mol. The molecule has 0 radical (unpaired) electrons. The summed E-state index contributed by atoms with van der Waals surface area (Å²) in [5, 5.41) is 20.3. The summed E-state index contributed by atoms with van der Waals surface area (Å²) in [5.41, 5.74) is 12.9. The maximum Gasteiger partial charge on any atom is 0.280 e. The van der Waals surface area contributed by atoms with Crippen molar-refractivity contribution in [3.8, 4) is 29.0 Å². The molecule has 0 spiro atoms. The van der Waals surface area contributed by atoms with Gasteiger partial charge in [0.05, 0.1) is 30.4 Å². The molecule has 0 bridgehead atoms. The van der Waals surface area contributed by atoms with Crippen LogP contribution in [0.3, 0.4) is 0 Å². The van der Waals surface area contributed by atoms with Gasteiger partial charge in [-0.2, -0.15) is 15.5 Å². The number of aliphatic imine (C=N–C) groups is 1. The quantitative estimate of drug-likeness (QED) is 0.537. The molecule has 0 heterocycles. The molecule has 7 heteroatoms. The van der Waals surface area contributed by atoms with Crippen molar-refractivity contribution in [1.29, 1.82) is 10.5 Å². The fraction of sp³-hybridized carbons (Fsp3) is 0.0476. The Bertz CT molecular complexity index is 1210. The maximum absolute atomic E-state index is 12.2. The molecule has 0 saturated carbocycles.